The van der Waals surface area contributed by atoms with Crippen molar-refractivity contribution < 1.29 is 60.9 Å². The number of nitrogens with one attached hydrogen (secondary N) is 4. The van der Waals surface area contributed by atoms with Gasteiger partial charge in [0.25, 0.3) is 11.8 Å². The van der Waals surface area contributed by atoms with Crippen LogP contribution in [0.15, 0.2) is 73.2 Å². The third kappa shape index (κ3) is 15.0. The fourth-order valence-corrected chi connectivity index (χ4v) is 10.0. The Bertz CT molecular complexity index is 3080. The first-order valence-electron chi connectivity index (χ1n) is 26.9. The van der Waals surface area contributed by atoms with Gasteiger partial charge in [-0.2, -0.15) is 18.3 Å². The number of hydrogen-bond donors (Lipinski definition) is 5. The Morgan fingerprint density at radius 1 is 0.790 bits per heavy atom. The highest BCUT2D eigenvalue weighted by Crippen LogP contribution is 2.39. The number of nitrogens with zero attached hydrogens (tertiary/aromatic N) is 8. The number of ether oxygens (including phenoxy) is 4. The second kappa shape index (κ2) is 26.9. The maximum atomic E-state index is 13.5. The van der Waals surface area contributed by atoms with Crippen molar-refractivity contribution in [3.05, 3.63) is 95.5 Å². The molecule has 26 heteroatoms. The van der Waals surface area contributed by atoms with Crippen molar-refractivity contribution in [2.45, 2.75) is 69.2 Å². The summed E-state index contributed by atoms with van der Waals surface area (Å²) in [5.74, 6) is -0.974. The van der Waals surface area contributed by atoms with E-state index in [1.165, 1.54) is 11.1 Å². The summed E-state index contributed by atoms with van der Waals surface area (Å²) in [6.07, 6.45) is 7.06. The molecule has 0 spiro atoms. The molecule has 0 radical (unpaired) electrons. The molecule has 4 aliphatic rings. The number of rotatable bonds is 21. The first-order valence-corrected chi connectivity index (χ1v) is 26.9. The average molecular weight is 1120 g/mol. The fraction of sp³-hybridized carbons (Fsp3) is 0.455. The molecule has 2 atom stereocenters. The smallest absolute Gasteiger partial charge is 0.383 e. The van der Waals surface area contributed by atoms with Crippen LogP contribution in [0.1, 0.15) is 82.8 Å². The number of pyridine rings is 3. The van der Waals surface area contributed by atoms with Crippen LogP contribution < -0.4 is 31.9 Å². The third-order valence-corrected chi connectivity index (χ3v) is 14.3. The minimum absolute atomic E-state index is 0.00236. The maximum absolute atomic E-state index is 13.5. The van der Waals surface area contributed by atoms with Crippen LogP contribution in [0.3, 0.4) is 0 Å². The van der Waals surface area contributed by atoms with Gasteiger partial charge in [-0.1, -0.05) is 24.3 Å². The number of anilines is 3. The molecule has 1 aromatic carbocycles. The number of halogens is 3. The van der Waals surface area contributed by atoms with Gasteiger partial charge in [-0.15, -0.1) is 0 Å². The van der Waals surface area contributed by atoms with Gasteiger partial charge < -0.3 is 55.3 Å². The lowest BCUT2D eigenvalue weighted by Gasteiger charge is -2.46. The number of hydrogen-bond acceptors (Lipinski definition) is 16. The zero-order valence-electron chi connectivity index (χ0n) is 44.5. The van der Waals surface area contributed by atoms with Crippen LogP contribution in [-0.4, -0.2) is 174 Å². The summed E-state index contributed by atoms with van der Waals surface area (Å²) in [7, 11) is 0. The third-order valence-electron chi connectivity index (χ3n) is 14.3. The van der Waals surface area contributed by atoms with Crippen molar-refractivity contribution >= 4 is 70.0 Å². The summed E-state index contributed by atoms with van der Waals surface area (Å²) in [6, 6.07) is 10.8. The molecule has 0 unspecified atom stereocenters. The van der Waals surface area contributed by atoms with Crippen LogP contribution in [-0.2, 0) is 39.5 Å². The van der Waals surface area contributed by atoms with E-state index in [0.717, 1.165) is 48.7 Å². The van der Waals surface area contributed by atoms with Crippen molar-refractivity contribution in [2.24, 2.45) is 0 Å². The molecule has 81 heavy (non-hydrogen) atoms. The van der Waals surface area contributed by atoms with Gasteiger partial charge in [0, 0.05) is 80.5 Å². The van der Waals surface area contributed by atoms with Crippen LogP contribution in [0.5, 0.6) is 0 Å². The van der Waals surface area contributed by atoms with Crippen LogP contribution in [0.2, 0.25) is 0 Å². The monoisotopic (exact) mass is 1120 g/mol. The normalized spacial score (nSPS) is 18.4. The summed E-state index contributed by atoms with van der Waals surface area (Å²) in [4.78, 5) is 94.3. The molecule has 9 rings (SSSR count). The zero-order chi connectivity index (χ0) is 56.9. The number of alkyl halides is 3. The summed E-state index contributed by atoms with van der Waals surface area (Å²) >= 11 is 0. The van der Waals surface area contributed by atoms with E-state index in [2.05, 4.69) is 36.2 Å². The summed E-state index contributed by atoms with van der Waals surface area (Å²) in [5.41, 5.74) is 8.89. The van der Waals surface area contributed by atoms with Crippen molar-refractivity contribution in [3.63, 3.8) is 0 Å². The lowest BCUT2D eigenvalue weighted by molar-refractivity contribution is -0.137. The van der Waals surface area contributed by atoms with Gasteiger partial charge in [0.05, 0.1) is 99.9 Å². The number of nitrogen functional groups attached to an aromatic ring is 1. The molecule has 5 aromatic rings. The van der Waals surface area contributed by atoms with Crippen molar-refractivity contribution in [1.29, 1.82) is 0 Å². The second-order valence-corrected chi connectivity index (χ2v) is 19.9. The number of carbonyl (C=O) groups excluding carboxylic acids is 6. The minimum atomic E-state index is -4.60. The van der Waals surface area contributed by atoms with Gasteiger partial charge in [-0.05, 0) is 68.5 Å². The van der Waals surface area contributed by atoms with E-state index in [0.29, 0.717) is 113 Å². The minimum Gasteiger partial charge on any atom is -0.383 e. The van der Waals surface area contributed by atoms with E-state index in [9.17, 15) is 41.9 Å². The Morgan fingerprint density at radius 2 is 1.52 bits per heavy atom. The van der Waals surface area contributed by atoms with Crippen LogP contribution in [0.4, 0.5) is 35.4 Å². The number of nitrogens with two attached hydrogens (primary N) is 1. The van der Waals surface area contributed by atoms with Crippen molar-refractivity contribution in [1.82, 2.24) is 50.5 Å². The van der Waals surface area contributed by atoms with E-state index < -0.39 is 17.6 Å². The number of urea groups is 1. The molecule has 4 aromatic heterocycles. The van der Waals surface area contributed by atoms with E-state index in [4.69, 9.17) is 29.8 Å². The molecular formula is C55H64F3N13O10. The average Bonchev–Trinajstić information content (AvgIpc) is 4.11. The molecular weight excluding hydrogens is 1060 g/mol. The number of fused-ring (bicyclic) bond motifs is 3. The van der Waals surface area contributed by atoms with Crippen molar-refractivity contribution in [3.8, 4) is 11.3 Å². The molecule has 3 fully saturated rings. The lowest BCUT2D eigenvalue weighted by Crippen LogP contribution is -2.65. The topological polar surface area (TPSA) is 280 Å². The van der Waals surface area contributed by atoms with Gasteiger partial charge in [0.2, 0.25) is 17.7 Å². The molecule has 1 aliphatic carbocycles. The highest BCUT2D eigenvalue weighted by atomic mass is 19.4. The predicted molar refractivity (Wildman–Crippen MR) is 290 cm³/mol. The Balaban J connectivity index is 0.670. The van der Waals surface area contributed by atoms with E-state index in [1.54, 1.807) is 47.5 Å². The highest BCUT2D eigenvalue weighted by Gasteiger charge is 2.38. The first-order chi connectivity index (χ1) is 39.2. The Labute approximate surface area is 464 Å². The molecule has 7 heterocycles. The molecule has 7 amide bonds. The quantitative estimate of drug-likeness (QED) is 0.0628. The van der Waals surface area contributed by atoms with Crippen LogP contribution in [0, 0.1) is 0 Å². The molecule has 430 valence electrons. The van der Waals surface area contributed by atoms with Crippen LogP contribution >= 0.6 is 0 Å². The Hall–Kier alpha value is -8.07. The molecule has 6 N–H and O–H groups in total. The largest absolute Gasteiger partial charge is 0.416 e. The molecule has 2 bridgehead atoms. The molecule has 3 aliphatic heterocycles. The van der Waals surface area contributed by atoms with Gasteiger partial charge >= 0.3 is 12.2 Å². The number of carbonyl (C=O) groups is 6. The maximum Gasteiger partial charge on any atom is 0.416 e. The number of amides is 7. The lowest BCUT2D eigenvalue weighted by atomic mass is 9.90. The Morgan fingerprint density at radius 3 is 2.23 bits per heavy atom. The predicted octanol–water partition coefficient (Wildman–Crippen LogP) is 4.60. The SMILES string of the molecule is Nc1ncc2c3c1c(-c1ccc(C(=O)Nc4cc(C(F)(F)F)ccn4)cc1)nn3[C@@H]1CCC[C@H](C1)NC(=O)CN(C(=O)CCOCCOCCOCCOCCNC(=O)c1ccc(N3CC(N4CCC(=O)NC4=O)C3)nc1)CC/C=C/2. The summed E-state index contributed by atoms with van der Waals surface area (Å²) in [6.45, 7) is 4.36. The van der Waals surface area contributed by atoms with Gasteiger partial charge in [0.1, 0.15) is 23.1 Å². The van der Waals surface area contributed by atoms with Gasteiger partial charge in [-0.25, -0.2) is 19.7 Å². The highest BCUT2D eigenvalue weighted by molar-refractivity contribution is 6.06. The number of benzene rings is 1. The summed E-state index contributed by atoms with van der Waals surface area (Å²) < 4.78 is 64.2. The van der Waals surface area contributed by atoms with Crippen LogP contribution in [0.25, 0.3) is 28.2 Å². The number of aromatic nitrogens is 5. The zero-order valence-corrected chi connectivity index (χ0v) is 44.5. The molecule has 23 nitrogen and oxygen atoms in total. The standard InChI is InChI=1S/C55H64F3N13O10/c56-55(57,58)39-13-16-60-43(28-39)65-53(76)36-9-7-35(8-10-36)49-48-50-37(30-63-51(48)59)4-1-2-18-68(34-46(73)64-40-5-3-6-41(29-40)71(50)67-49)47(74)15-20-78-22-24-80-26-27-81-25-23-79-21-17-61-52(75)38-11-12-44(62-31-38)69-32-42(33-69)70-19-14-45(72)66-54(70)77/h1,4,7-13,16,28,30-31,40-42H,2-3,5-6,14-15,17-27,29,32-34H2,(H2,59,63)(H,61,75)(H,64,73)(H,60,65,76)(H,66,72,77)/b4-1+/t40-,41-/m1/s1. The Kier molecular flexibility index (Phi) is 19.2. The summed E-state index contributed by atoms with van der Waals surface area (Å²) in [5, 5.41) is 16.4. The van der Waals surface area contributed by atoms with E-state index in [1.807, 2.05) is 21.7 Å². The van der Waals surface area contributed by atoms with E-state index >= 15 is 0 Å². The van der Waals surface area contributed by atoms with Gasteiger partial charge in [0.15, 0.2) is 0 Å². The molecule has 2 saturated heterocycles. The fourth-order valence-electron chi connectivity index (χ4n) is 10.0. The van der Waals surface area contributed by atoms with Crippen molar-refractivity contribution in [2.75, 3.05) is 108 Å². The number of imide groups is 1. The first kappa shape index (κ1) is 57.6. The second-order valence-electron chi connectivity index (χ2n) is 19.9. The van der Waals surface area contributed by atoms with Gasteiger partial charge in [-0.3, -0.25) is 34.0 Å². The van der Waals surface area contributed by atoms with E-state index in [-0.39, 0.29) is 97.7 Å². The molecule has 1 saturated carbocycles.